The summed E-state index contributed by atoms with van der Waals surface area (Å²) in [6.45, 7) is 5.28. The topological polar surface area (TPSA) is 97.0 Å². The first-order valence-electron chi connectivity index (χ1n) is 15.6. The van der Waals surface area contributed by atoms with E-state index >= 15 is 0 Å². The Hall–Kier alpha value is -4.35. The molecular weight excluding hydrogens is 660 g/mol. The number of carbonyl (C=O) groups is 1. The van der Waals surface area contributed by atoms with Crippen molar-refractivity contribution in [2.45, 2.75) is 52.6 Å². The minimum absolute atomic E-state index is 0.00275. The zero-order valence-electron chi connectivity index (χ0n) is 27.2. The van der Waals surface area contributed by atoms with Crippen LogP contribution in [0.5, 0.6) is 17.2 Å². The lowest BCUT2D eigenvalue weighted by Crippen LogP contribution is -2.24. The molecule has 0 atom stereocenters. The van der Waals surface area contributed by atoms with Crippen LogP contribution in [0.3, 0.4) is 0 Å². The zero-order valence-corrected chi connectivity index (χ0v) is 28.8. The van der Waals surface area contributed by atoms with Gasteiger partial charge in [-0.15, -0.1) is 0 Å². The van der Waals surface area contributed by atoms with Crippen LogP contribution in [0.4, 0.5) is 20.2 Å². The molecule has 4 rings (SSSR count). The number of carbonyl (C=O) groups excluding carboxylic acids is 1. The van der Waals surface area contributed by atoms with Gasteiger partial charge in [-0.1, -0.05) is 49.2 Å². The van der Waals surface area contributed by atoms with Gasteiger partial charge in [0.15, 0.2) is 0 Å². The summed E-state index contributed by atoms with van der Waals surface area (Å²) in [6.07, 6.45) is 3.95. The normalized spacial score (nSPS) is 11.2. The third-order valence-corrected chi connectivity index (χ3v) is 8.31. The van der Waals surface area contributed by atoms with Crippen LogP contribution in [-0.4, -0.2) is 33.7 Å². The lowest BCUT2D eigenvalue weighted by molar-refractivity contribution is -0.121. The van der Waals surface area contributed by atoms with E-state index in [1.807, 2.05) is 23.1 Å². The van der Waals surface area contributed by atoms with Crippen molar-refractivity contribution in [3.8, 4) is 17.2 Å². The van der Waals surface area contributed by atoms with E-state index in [1.54, 1.807) is 49.4 Å². The maximum atomic E-state index is 14.7. The molecule has 0 saturated heterocycles. The largest absolute Gasteiger partial charge is 0.492 e. The number of hydrogen-bond donors (Lipinski definition) is 2. The third kappa shape index (κ3) is 11.1. The third-order valence-electron chi connectivity index (χ3n) is 7.41. The van der Waals surface area contributed by atoms with Crippen LogP contribution in [0.2, 0.25) is 5.02 Å². The number of benzene rings is 4. The molecule has 0 heterocycles. The number of sulfonamides is 1. The monoisotopic (exact) mass is 699 g/mol. The van der Waals surface area contributed by atoms with Gasteiger partial charge in [0.1, 0.15) is 28.9 Å². The number of halogens is 3. The Labute approximate surface area is 286 Å². The van der Waals surface area contributed by atoms with E-state index in [4.69, 9.17) is 21.1 Å². The highest BCUT2D eigenvalue weighted by molar-refractivity contribution is 7.92. The zero-order chi connectivity index (χ0) is 34.7. The molecule has 0 aliphatic heterocycles. The van der Waals surface area contributed by atoms with Crippen LogP contribution < -0.4 is 24.4 Å². The number of nitrogens with one attached hydrogen (secondary N) is 2. The summed E-state index contributed by atoms with van der Waals surface area (Å²) in [5.41, 5.74) is 2.89. The van der Waals surface area contributed by atoms with Gasteiger partial charge in [-0.2, -0.15) is 0 Å². The molecule has 0 aromatic heterocycles. The van der Waals surface area contributed by atoms with E-state index in [2.05, 4.69) is 17.0 Å². The minimum Gasteiger partial charge on any atom is -0.492 e. The molecule has 2 N–H and O–H groups in total. The number of ether oxygens (including phenoxy) is 2. The SMILES string of the molecule is CCCCNC(=O)CCCOc1cc(Oc2ccc(CN(Cc3ccc(F)cc3F)c3cccc(NS(C)(=O)=O)c3C)cc2)ccc1Cl. The minimum atomic E-state index is -3.53. The van der Waals surface area contributed by atoms with Crippen LogP contribution in [0.1, 0.15) is 49.3 Å². The lowest BCUT2D eigenvalue weighted by Gasteiger charge is -2.28. The Morgan fingerprint density at radius 1 is 0.938 bits per heavy atom. The second-order valence-electron chi connectivity index (χ2n) is 11.4. The Kier molecular flexibility index (Phi) is 13.0. The highest BCUT2D eigenvalue weighted by Gasteiger charge is 2.17. The second kappa shape index (κ2) is 17.2. The van der Waals surface area contributed by atoms with Crippen molar-refractivity contribution >= 4 is 38.9 Å². The van der Waals surface area contributed by atoms with E-state index in [9.17, 15) is 22.0 Å². The van der Waals surface area contributed by atoms with Crippen LogP contribution in [0.15, 0.2) is 78.9 Å². The highest BCUT2D eigenvalue weighted by Crippen LogP contribution is 2.33. The fourth-order valence-corrected chi connectivity index (χ4v) is 5.74. The average molecular weight is 700 g/mol. The number of unbranched alkanes of at least 4 members (excludes halogenated alkanes) is 1. The van der Waals surface area contributed by atoms with Crippen LogP contribution >= 0.6 is 11.6 Å². The van der Waals surface area contributed by atoms with Gasteiger partial charge in [0.25, 0.3) is 0 Å². The molecule has 4 aromatic carbocycles. The van der Waals surface area contributed by atoms with Gasteiger partial charge in [-0.3, -0.25) is 9.52 Å². The molecule has 0 spiro atoms. The quantitative estimate of drug-likeness (QED) is 0.108. The molecule has 0 aliphatic carbocycles. The second-order valence-corrected chi connectivity index (χ2v) is 13.6. The molecule has 0 radical (unpaired) electrons. The summed E-state index contributed by atoms with van der Waals surface area (Å²) in [5.74, 6) is 0.170. The standard InChI is InChI=1S/C36H40ClF2N3O5S/c1-4-5-19-40-36(43)10-7-20-46-35-22-30(17-18-31(35)37)47-29-15-11-26(12-16-29)23-42(24-27-13-14-28(38)21-32(27)39)34-9-6-8-33(25(34)2)41-48(3,44)45/h6,8-9,11-18,21-22,41H,4-5,7,10,19-20,23-24H2,1-3H3,(H,40,43). The fourth-order valence-electron chi connectivity index (χ4n) is 4.94. The van der Waals surface area contributed by atoms with E-state index in [0.29, 0.717) is 71.7 Å². The number of amides is 1. The van der Waals surface area contributed by atoms with E-state index in [-0.39, 0.29) is 18.0 Å². The fraction of sp³-hybridized carbons (Fsp3) is 0.306. The molecular formula is C36H40ClF2N3O5S. The molecule has 48 heavy (non-hydrogen) atoms. The van der Waals surface area contributed by atoms with Crippen molar-refractivity contribution in [2.75, 3.05) is 29.0 Å². The maximum absolute atomic E-state index is 14.7. The van der Waals surface area contributed by atoms with Gasteiger partial charge in [-0.05, 0) is 73.4 Å². The number of nitrogens with zero attached hydrogens (tertiary/aromatic N) is 1. The molecule has 8 nitrogen and oxygen atoms in total. The van der Waals surface area contributed by atoms with Crippen molar-refractivity contribution in [3.05, 3.63) is 112 Å². The first-order chi connectivity index (χ1) is 22.9. The van der Waals surface area contributed by atoms with Gasteiger partial charge in [0.2, 0.25) is 15.9 Å². The Morgan fingerprint density at radius 2 is 1.69 bits per heavy atom. The maximum Gasteiger partial charge on any atom is 0.229 e. The van der Waals surface area contributed by atoms with Crippen LogP contribution in [0, 0.1) is 18.6 Å². The number of rotatable bonds is 17. The number of anilines is 2. The van der Waals surface area contributed by atoms with Gasteiger partial charge >= 0.3 is 0 Å². The van der Waals surface area contributed by atoms with Crippen molar-refractivity contribution < 1.29 is 31.5 Å². The predicted octanol–water partition coefficient (Wildman–Crippen LogP) is 8.37. The Morgan fingerprint density at radius 3 is 2.40 bits per heavy atom. The summed E-state index contributed by atoms with van der Waals surface area (Å²) < 4.78 is 66.7. The number of hydrogen-bond acceptors (Lipinski definition) is 6. The average Bonchev–Trinajstić information content (AvgIpc) is 3.03. The summed E-state index contributed by atoms with van der Waals surface area (Å²) in [6, 6.07) is 21.1. The predicted molar refractivity (Wildman–Crippen MR) is 187 cm³/mol. The van der Waals surface area contributed by atoms with Gasteiger partial charge in [0, 0.05) is 49.4 Å². The summed E-state index contributed by atoms with van der Waals surface area (Å²) in [4.78, 5) is 13.8. The van der Waals surface area contributed by atoms with Crippen molar-refractivity contribution in [1.82, 2.24) is 5.32 Å². The van der Waals surface area contributed by atoms with E-state index in [1.165, 1.54) is 12.1 Å². The van der Waals surface area contributed by atoms with Gasteiger partial charge in [-0.25, -0.2) is 17.2 Å². The summed E-state index contributed by atoms with van der Waals surface area (Å²) in [7, 11) is -3.53. The van der Waals surface area contributed by atoms with Crippen molar-refractivity contribution in [3.63, 3.8) is 0 Å². The molecule has 256 valence electrons. The molecule has 0 saturated carbocycles. The lowest BCUT2D eigenvalue weighted by atomic mass is 10.1. The molecule has 0 unspecified atom stereocenters. The Balaban J connectivity index is 1.46. The summed E-state index contributed by atoms with van der Waals surface area (Å²) >= 11 is 6.33. The smallest absolute Gasteiger partial charge is 0.229 e. The highest BCUT2D eigenvalue weighted by atomic mass is 35.5. The molecule has 0 fully saturated rings. The molecule has 0 aliphatic rings. The van der Waals surface area contributed by atoms with Crippen molar-refractivity contribution in [2.24, 2.45) is 0 Å². The first kappa shape index (κ1) is 36.5. The van der Waals surface area contributed by atoms with Crippen LogP contribution in [-0.2, 0) is 27.9 Å². The molecule has 12 heteroatoms. The van der Waals surface area contributed by atoms with E-state index in [0.717, 1.165) is 30.7 Å². The summed E-state index contributed by atoms with van der Waals surface area (Å²) in [5, 5.41) is 3.31. The Bertz CT molecular complexity index is 1810. The van der Waals surface area contributed by atoms with Gasteiger partial charge in [0.05, 0.1) is 23.6 Å². The first-order valence-corrected chi connectivity index (χ1v) is 17.9. The molecule has 1 amide bonds. The molecule has 4 aromatic rings. The van der Waals surface area contributed by atoms with Gasteiger partial charge < -0.3 is 19.7 Å². The van der Waals surface area contributed by atoms with Crippen LogP contribution in [0.25, 0.3) is 0 Å². The van der Waals surface area contributed by atoms with E-state index < -0.39 is 21.7 Å². The molecule has 0 bridgehead atoms. The van der Waals surface area contributed by atoms with Crippen molar-refractivity contribution in [1.29, 1.82) is 0 Å².